The molecule has 4 rings (SSSR count). The molecular formula is C23H27ClN4O2. The van der Waals surface area contributed by atoms with Crippen molar-refractivity contribution in [3.8, 4) is 11.4 Å². The van der Waals surface area contributed by atoms with Gasteiger partial charge in [0.1, 0.15) is 12.4 Å². The fraction of sp³-hybridized carbons (Fsp3) is 0.304. The average molecular weight is 427 g/mol. The van der Waals surface area contributed by atoms with Crippen molar-refractivity contribution in [2.24, 2.45) is 0 Å². The van der Waals surface area contributed by atoms with Gasteiger partial charge in [-0.15, -0.1) is 12.4 Å². The number of hydrogen-bond donors (Lipinski definition) is 1. The van der Waals surface area contributed by atoms with E-state index in [2.05, 4.69) is 27.0 Å². The molecule has 0 bridgehead atoms. The zero-order chi connectivity index (χ0) is 19.9. The first-order valence-electron chi connectivity index (χ1n) is 10.0. The smallest absolute Gasteiger partial charge is 0.410 e. The van der Waals surface area contributed by atoms with Gasteiger partial charge in [0, 0.05) is 50.2 Å². The summed E-state index contributed by atoms with van der Waals surface area (Å²) in [5.41, 5.74) is 2.11. The summed E-state index contributed by atoms with van der Waals surface area (Å²) in [6, 6.07) is 20.2. The molecule has 1 fully saturated rings. The van der Waals surface area contributed by atoms with Crippen molar-refractivity contribution in [1.29, 1.82) is 0 Å². The number of nitrogens with zero attached hydrogens (tertiary/aromatic N) is 3. The molecule has 1 saturated heterocycles. The molecule has 0 aliphatic carbocycles. The Morgan fingerprint density at radius 3 is 2.60 bits per heavy atom. The zero-order valence-electron chi connectivity index (χ0n) is 16.8. The molecule has 2 aromatic carbocycles. The lowest BCUT2D eigenvalue weighted by molar-refractivity contribution is 0.0839. The summed E-state index contributed by atoms with van der Waals surface area (Å²) in [5.74, 6) is 0.973. The minimum absolute atomic E-state index is 0. The van der Waals surface area contributed by atoms with E-state index in [4.69, 9.17) is 4.74 Å². The van der Waals surface area contributed by atoms with Crippen LogP contribution in [0.2, 0.25) is 0 Å². The van der Waals surface area contributed by atoms with E-state index in [0.717, 1.165) is 36.5 Å². The Morgan fingerprint density at radius 2 is 1.83 bits per heavy atom. The first kappa shape index (κ1) is 21.9. The van der Waals surface area contributed by atoms with Crippen molar-refractivity contribution in [2.45, 2.75) is 25.6 Å². The quantitative estimate of drug-likeness (QED) is 0.647. The maximum atomic E-state index is 12.4. The predicted molar refractivity (Wildman–Crippen MR) is 120 cm³/mol. The normalized spacial score (nSPS) is 16.0. The van der Waals surface area contributed by atoms with Crippen molar-refractivity contribution < 1.29 is 9.53 Å². The molecule has 158 valence electrons. The Morgan fingerprint density at radius 1 is 1.10 bits per heavy atom. The molecule has 3 aromatic rings. The molecule has 1 aliphatic rings. The molecule has 1 aromatic heterocycles. The number of amides is 1. The van der Waals surface area contributed by atoms with E-state index in [-0.39, 0.29) is 24.5 Å². The summed E-state index contributed by atoms with van der Waals surface area (Å²) < 4.78 is 7.66. The van der Waals surface area contributed by atoms with Crippen LogP contribution in [0.4, 0.5) is 4.79 Å². The van der Waals surface area contributed by atoms with E-state index in [0.29, 0.717) is 19.7 Å². The number of rotatable bonds is 6. The van der Waals surface area contributed by atoms with Gasteiger partial charge in [0.05, 0.1) is 0 Å². The molecule has 1 amide bonds. The van der Waals surface area contributed by atoms with Crippen LogP contribution in [0.15, 0.2) is 73.1 Å². The molecule has 1 atom stereocenters. The monoisotopic (exact) mass is 426 g/mol. The van der Waals surface area contributed by atoms with Gasteiger partial charge in [0.15, 0.2) is 0 Å². The van der Waals surface area contributed by atoms with Crippen molar-refractivity contribution in [3.05, 3.63) is 78.6 Å². The van der Waals surface area contributed by atoms with Gasteiger partial charge in [-0.2, -0.15) is 0 Å². The van der Waals surface area contributed by atoms with Gasteiger partial charge in [-0.25, -0.2) is 9.78 Å². The summed E-state index contributed by atoms with van der Waals surface area (Å²) in [6.07, 6.45) is 4.52. The standard InChI is InChI=1S/C23H26N4O2.ClH/c28-23(29-18-19-7-3-1-4-8-19)27-16-12-24-21(17-27)11-14-26-15-13-25-22(26)20-9-5-2-6-10-20;/h1-10,13,15,21,24H,11-12,14,16-18H2;1H/t21-;/m1./s1. The minimum atomic E-state index is -0.243. The molecule has 1 N–H and O–H groups in total. The second-order valence-electron chi connectivity index (χ2n) is 7.24. The van der Waals surface area contributed by atoms with Crippen LogP contribution < -0.4 is 5.32 Å². The Kier molecular flexibility index (Phi) is 7.88. The topological polar surface area (TPSA) is 59.4 Å². The molecule has 0 saturated carbocycles. The first-order valence-corrected chi connectivity index (χ1v) is 10.0. The van der Waals surface area contributed by atoms with E-state index in [1.165, 1.54) is 0 Å². The second-order valence-corrected chi connectivity index (χ2v) is 7.24. The molecule has 2 heterocycles. The van der Waals surface area contributed by atoms with Gasteiger partial charge in [0.2, 0.25) is 0 Å². The van der Waals surface area contributed by atoms with Gasteiger partial charge in [-0.3, -0.25) is 0 Å². The summed E-state index contributed by atoms with van der Waals surface area (Å²) in [5, 5.41) is 3.52. The number of imidazole rings is 1. The maximum Gasteiger partial charge on any atom is 0.410 e. The highest BCUT2D eigenvalue weighted by Gasteiger charge is 2.24. The average Bonchev–Trinajstić information content (AvgIpc) is 3.26. The molecule has 6 nitrogen and oxygen atoms in total. The molecule has 0 spiro atoms. The van der Waals surface area contributed by atoms with Gasteiger partial charge >= 0.3 is 6.09 Å². The highest BCUT2D eigenvalue weighted by molar-refractivity contribution is 5.85. The Hall–Kier alpha value is -2.83. The number of nitrogens with one attached hydrogen (secondary N) is 1. The number of aryl methyl sites for hydroxylation is 1. The fourth-order valence-corrected chi connectivity index (χ4v) is 3.63. The van der Waals surface area contributed by atoms with Gasteiger partial charge in [-0.05, 0) is 12.0 Å². The van der Waals surface area contributed by atoms with E-state index in [1.807, 2.05) is 60.9 Å². The Bertz CT molecular complexity index is 917. The van der Waals surface area contributed by atoms with Crippen LogP contribution in [-0.4, -0.2) is 46.2 Å². The molecule has 1 aliphatic heterocycles. The first-order chi connectivity index (χ1) is 14.3. The number of ether oxygens (including phenoxy) is 1. The van der Waals surface area contributed by atoms with Gasteiger partial charge in [-0.1, -0.05) is 60.7 Å². The van der Waals surface area contributed by atoms with Crippen LogP contribution in [0, 0.1) is 0 Å². The summed E-state index contributed by atoms with van der Waals surface area (Å²) in [4.78, 5) is 18.8. The van der Waals surface area contributed by atoms with E-state index < -0.39 is 0 Å². The lowest BCUT2D eigenvalue weighted by Gasteiger charge is -2.33. The molecule has 0 radical (unpaired) electrons. The minimum Gasteiger partial charge on any atom is -0.445 e. The molecule has 0 unspecified atom stereocenters. The third-order valence-corrected chi connectivity index (χ3v) is 5.18. The van der Waals surface area contributed by atoms with E-state index in [9.17, 15) is 4.79 Å². The highest BCUT2D eigenvalue weighted by Crippen LogP contribution is 2.18. The Balaban J connectivity index is 0.00000256. The number of benzene rings is 2. The largest absolute Gasteiger partial charge is 0.445 e. The summed E-state index contributed by atoms with van der Waals surface area (Å²) in [7, 11) is 0. The van der Waals surface area contributed by atoms with Gasteiger partial charge in [0.25, 0.3) is 0 Å². The Labute approximate surface area is 183 Å². The van der Waals surface area contributed by atoms with Crippen LogP contribution in [0.1, 0.15) is 12.0 Å². The van der Waals surface area contributed by atoms with Crippen molar-refractivity contribution >= 4 is 18.5 Å². The lowest BCUT2D eigenvalue weighted by atomic mass is 10.1. The SMILES string of the molecule is Cl.O=C(OCc1ccccc1)N1CCN[C@H](CCn2ccnc2-c2ccccc2)C1. The van der Waals surface area contributed by atoms with Crippen molar-refractivity contribution in [2.75, 3.05) is 19.6 Å². The third kappa shape index (κ3) is 5.62. The van der Waals surface area contributed by atoms with Crippen LogP contribution in [0.3, 0.4) is 0 Å². The zero-order valence-corrected chi connectivity index (χ0v) is 17.6. The number of hydrogen-bond acceptors (Lipinski definition) is 4. The summed E-state index contributed by atoms with van der Waals surface area (Å²) in [6.45, 7) is 3.26. The third-order valence-electron chi connectivity index (χ3n) is 5.18. The fourth-order valence-electron chi connectivity index (χ4n) is 3.63. The maximum absolute atomic E-state index is 12.4. The number of carbonyl (C=O) groups excluding carboxylic acids is 1. The molecular weight excluding hydrogens is 400 g/mol. The summed E-state index contributed by atoms with van der Waals surface area (Å²) >= 11 is 0. The number of piperazine rings is 1. The number of aromatic nitrogens is 2. The van der Waals surface area contributed by atoms with Crippen molar-refractivity contribution in [1.82, 2.24) is 19.8 Å². The molecule has 30 heavy (non-hydrogen) atoms. The lowest BCUT2D eigenvalue weighted by Crippen LogP contribution is -2.52. The molecule has 7 heteroatoms. The number of halogens is 1. The van der Waals surface area contributed by atoms with E-state index in [1.54, 1.807) is 4.90 Å². The van der Waals surface area contributed by atoms with Gasteiger partial charge < -0.3 is 19.5 Å². The van der Waals surface area contributed by atoms with Crippen LogP contribution in [-0.2, 0) is 17.9 Å². The highest BCUT2D eigenvalue weighted by atomic mass is 35.5. The van der Waals surface area contributed by atoms with Crippen LogP contribution >= 0.6 is 12.4 Å². The number of carbonyl (C=O) groups is 1. The van der Waals surface area contributed by atoms with Crippen LogP contribution in [0.5, 0.6) is 0 Å². The van der Waals surface area contributed by atoms with Crippen molar-refractivity contribution in [3.63, 3.8) is 0 Å². The van der Waals surface area contributed by atoms with Crippen LogP contribution in [0.25, 0.3) is 11.4 Å². The second kappa shape index (κ2) is 10.8. The van der Waals surface area contributed by atoms with E-state index >= 15 is 0 Å². The predicted octanol–water partition coefficient (Wildman–Crippen LogP) is 3.97.